The Morgan fingerprint density at radius 2 is 2.55 bits per heavy atom. The number of likely N-dealkylation sites (N-methyl/N-ethyl adjacent to an activating group) is 1. The Labute approximate surface area is 62.6 Å². The van der Waals surface area contributed by atoms with E-state index >= 15 is 0 Å². The Bertz CT molecular complexity index is 231. The maximum absolute atomic E-state index is 10.4. The standard InChI is InChI=1S/C4H8N6O/c1-10(2-3(5)11)4-6-8-9-7-4/h2H2,1H3,(H2,5,11)(H,6,7,8,9). The van der Waals surface area contributed by atoms with Gasteiger partial charge < -0.3 is 10.6 Å². The van der Waals surface area contributed by atoms with E-state index in [1.165, 1.54) is 4.90 Å². The summed E-state index contributed by atoms with van der Waals surface area (Å²) in [6.45, 7) is 0.0829. The molecule has 7 heteroatoms. The summed E-state index contributed by atoms with van der Waals surface area (Å²) in [7, 11) is 1.65. The second kappa shape index (κ2) is 2.95. The van der Waals surface area contributed by atoms with Crippen LogP contribution >= 0.6 is 0 Å². The van der Waals surface area contributed by atoms with E-state index in [0.717, 1.165) is 0 Å². The lowest BCUT2D eigenvalue weighted by Gasteiger charge is -2.09. The number of carbonyl (C=O) groups excluding carboxylic acids is 1. The van der Waals surface area contributed by atoms with Crippen molar-refractivity contribution in [3.8, 4) is 0 Å². The third-order valence-electron chi connectivity index (χ3n) is 1.07. The van der Waals surface area contributed by atoms with Crippen LogP contribution in [0.15, 0.2) is 0 Å². The molecule has 7 nitrogen and oxygen atoms in total. The molecule has 0 radical (unpaired) electrons. The van der Waals surface area contributed by atoms with Gasteiger partial charge in [-0.15, -0.1) is 5.10 Å². The number of rotatable bonds is 3. The maximum atomic E-state index is 10.4. The van der Waals surface area contributed by atoms with Crippen LogP contribution in [0.2, 0.25) is 0 Å². The highest BCUT2D eigenvalue weighted by molar-refractivity contribution is 5.78. The number of aromatic nitrogens is 4. The summed E-state index contributed by atoms with van der Waals surface area (Å²) < 4.78 is 0. The molecule has 0 aliphatic rings. The van der Waals surface area contributed by atoms with Gasteiger partial charge in [0.25, 0.3) is 5.95 Å². The fourth-order valence-corrected chi connectivity index (χ4v) is 0.623. The van der Waals surface area contributed by atoms with Crippen molar-refractivity contribution in [1.82, 2.24) is 20.6 Å². The van der Waals surface area contributed by atoms with Crippen molar-refractivity contribution in [2.75, 3.05) is 18.5 Å². The molecule has 0 aliphatic carbocycles. The molecule has 1 aromatic rings. The number of primary amides is 1. The summed E-state index contributed by atoms with van der Waals surface area (Å²) in [5.41, 5.74) is 4.93. The van der Waals surface area contributed by atoms with Crippen LogP contribution in [0.1, 0.15) is 0 Å². The monoisotopic (exact) mass is 156 g/mol. The van der Waals surface area contributed by atoms with E-state index in [1.54, 1.807) is 7.05 Å². The minimum Gasteiger partial charge on any atom is -0.368 e. The van der Waals surface area contributed by atoms with Gasteiger partial charge in [-0.25, -0.2) is 0 Å². The topological polar surface area (TPSA) is 101 Å². The van der Waals surface area contributed by atoms with Gasteiger partial charge in [-0.2, -0.15) is 5.21 Å². The third kappa shape index (κ3) is 1.88. The van der Waals surface area contributed by atoms with E-state index < -0.39 is 5.91 Å². The van der Waals surface area contributed by atoms with Crippen LogP contribution in [-0.4, -0.2) is 40.1 Å². The predicted molar refractivity (Wildman–Crippen MR) is 36.6 cm³/mol. The highest BCUT2D eigenvalue weighted by atomic mass is 16.1. The lowest BCUT2D eigenvalue weighted by atomic mass is 10.5. The number of nitrogens with two attached hydrogens (primary N) is 1. The SMILES string of the molecule is CN(CC(N)=O)c1nn[nH]n1. The van der Waals surface area contributed by atoms with Crippen LogP contribution in [0.25, 0.3) is 0 Å². The van der Waals surface area contributed by atoms with Crippen LogP contribution in [-0.2, 0) is 4.79 Å². The Morgan fingerprint density at radius 1 is 1.82 bits per heavy atom. The first kappa shape index (κ1) is 7.45. The maximum Gasteiger partial charge on any atom is 0.265 e. The number of amides is 1. The molecular weight excluding hydrogens is 148 g/mol. The molecule has 0 bridgehead atoms. The van der Waals surface area contributed by atoms with Gasteiger partial charge >= 0.3 is 0 Å². The highest BCUT2D eigenvalue weighted by Crippen LogP contribution is 1.96. The van der Waals surface area contributed by atoms with Crippen molar-refractivity contribution in [2.24, 2.45) is 5.73 Å². The van der Waals surface area contributed by atoms with Crippen LogP contribution in [0.4, 0.5) is 5.95 Å². The lowest BCUT2D eigenvalue weighted by Crippen LogP contribution is -2.31. The van der Waals surface area contributed by atoms with E-state index in [2.05, 4.69) is 20.6 Å². The minimum atomic E-state index is -0.433. The zero-order valence-electron chi connectivity index (χ0n) is 5.98. The number of nitrogens with zero attached hydrogens (tertiary/aromatic N) is 4. The number of aromatic amines is 1. The molecule has 11 heavy (non-hydrogen) atoms. The quantitative estimate of drug-likeness (QED) is 0.533. The molecule has 0 saturated heterocycles. The molecule has 1 aromatic heterocycles. The van der Waals surface area contributed by atoms with Gasteiger partial charge in [0, 0.05) is 7.05 Å². The van der Waals surface area contributed by atoms with Crippen LogP contribution < -0.4 is 10.6 Å². The van der Waals surface area contributed by atoms with Crippen molar-refractivity contribution in [3.05, 3.63) is 0 Å². The number of hydrogen-bond acceptors (Lipinski definition) is 5. The summed E-state index contributed by atoms with van der Waals surface area (Å²) in [5.74, 6) is -0.0823. The molecule has 60 valence electrons. The molecule has 1 rings (SSSR count). The molecular formula is C4H8N6O. The molecule has 0 atom stereocenters. The number of tetrazole rings is 1. The normalized spacial score (nSPS) is 9.55. The smallest absolute Gasteiger partial charge is 0.265 e. The Kier molecular flexibility index (Phi) is 2.00. The van der Waals surface area contributed by atoms with E-state index in [4.69, 9.17) is 5.73 Å². The summed E-state index contributed by atoms with van der Waals surface area (Å²) in [6, 6.07) is 0. The van der Waals surface area contributed by atoms with E-state index in [0.29, 0.717) is 5.95 Å². The Balaban J connectivity index is 2.56. The Hall–Kier alpha value is -1.66. The van der Waals surface area contributed by atoms with Gasteiger partial charge in [0.1, 0.15) is 0 Å². The summed E-state index contributed by atoms with van der Waals surface area (Å²) in [4.78, 5) is 11.9. The first-order valence-corrected chi connectivity index (χ1v) is 2.93. The molecule has 3 N–H and O–H groups in total. The number of anilines is 1. The average Bonchev–Trinajstić information content (AvgIpc) is 2.35. The van der Waals surface area contributed by atoms with Gasteiger partial charge in [-0.1, -0.05) is 5.10 Å². The van der Waals surface area contributed by atoms with Gasteiger partial charge in [0.2, 0.25) is 5.91 Å². The van der Waals surface area contributed by atoms with E-state index in [9.17, 15) is 4.79 Å². The minimum absolute atomic E-state index is 0.0829. The number of nitrogens with one attached hydrogen (secondary N) is 1. The summed E-state index contributed by atoms with van der Waals surface area (Å²) in [6.07, 6.45) is 0. The van der Waals surface area contributed by atoms with Crippen molar-refractivity contribution in [1.29, 1.82) is 0 Å². The van der Waals surface area contributed by atoms with Crippen LogP contribution in [0.5, 0.6) is 0 Å². The lowest BCUT2D eigenvalue weighted by molar-refractivity contribution is -0.116. The molecule has 0 aliphatic heterocycles. The second-order valence-corrected chi connectivity index (χ2v) is 2.03. The number of carbonyl (C=O) groups is 1. The van der Waals surface area contributed by atoms with Gasteiger partial charge in [-0.3, -0.25) is 4.79 Å². The average molecular weight is 156 g/mol. The molecule has 0 saturated carbocycles. The zero-order chi connectivity index (χ0) is 8.27. The second-order valence-electron chi connectivity index (χ2n) is 2.03. The van der Waals surface area contributed by atoms with Crippen molar-refractivity contribution in [3.63, 3.8) is 0 Å². The van der Waals surface area contributed by atoms with Crippen molar-refractivity contribution in [2.45, 2.75) is 0 Å². The first-order valence-electron chi connectivity index (χ1n) is 2.93. The third-order valence-corrected chi connectivity index (χ3v) is 1.07. The predicted octanol–water partition coefficient (Wildman–Crippen LogP) is -1.88. The number of hydrogen-bond donors (Lipinski definition) is 2. The van der Waals surface area contributed by atoms with Gasteiger partial charge in [0.15, 0.2) is 0 Å². The molecule has 1 amide bonds. The zero-order valence-corrected chi connectivity index (χ0v) is 5.98. The first-order chi connectivity index (χ1) is 5.20. The molecule has 0 fully saturated rings. The van der Waals surface area contributed by atoms with E-state index in [1.807, 2.05) is 0 Å². The van der Waals surface area contributed by atoms with Gasteiger partial charge in [0.05, 0.1) is 6.54 Å². The van der Waals surface area contributed by atoms with Gasteiger partial charge in [-0.05, 0) is 5.21 Å². The van der Waals surface area contributed by atoms with Crippen molar-refractivity contribution >= 4 is 11.9 Å². The van der Waals surface area contributed by atoms with Crippen LogP contribution in [0, 0.1) is 0 Å². The molecule has 0 aromatic carbocycles. The van der Waals surface area contributed by atoms with Crippen molar-refractivity contribution < 1.29 is 4.79 Å². The molecule has 0 unspecified atom stereocenters. The summed E-state index contributed by atoms with van der Waals surface area (Å²) in [5, 5.41) is 12.9. The molecule has 0 spiro atoms. The van der Waals surface area contributed by atoms with Crippen LogP contribution in [0.3, 0.4) is 0 Å². The highest BCUT2D eigenvalue weighted by Gasteiger charge is 2.06. The Morgan fingerprint density at radius 3 is 3.00 bits per heavy atom. The summed E-state index contributed by atoms with van der Waals surface area (Å²) >= 11 is 0. The number of H-pyrrole nitrogens is 1. The van der Waals surface area contributed by atoms with E-state index in [-0.39, 0.29) is 6.54 Å². The fourth-order valence-electron chi connectivity index (χ4n) is 0.623. The molecule has 1 heterocycles. The largest absolute Gasteiger partial charge is 0.368 e. The fraction of sp³-hybridized carbons (Fsp3) is 0.500.